The highest BCUT2D eigenvalue weighted by molar-refractivity contribution is 5.97. The Morgan fingerprint density at radius 3 is 2.66 bits per heavy atom. The van der Waals surface area contributed by atoms with Crippen LogP contribution in [0.5, 0.6) is 0 Å². The van der Waals surface area contributed by atoms with E-state index in [2.05, 4.69) is 35.5 Å². The first-order valence-corrected chi connectivity index (χ1v) is 12.3. The van der Waals surface area contributed by atoms with Crippen LogP contribution >= 0.6 is 0 Å². The van der Waals surface area contributed by atoms with Gasteiger partial charge < -0.3 is 10.3 Å². The highest BCUT2D eigenvalue weighted by Crippen LogP contribution is 2.33. The van der Waals surface area contributed by atoms with Crippen LogP contribution in [0.3, 0.4) is 0 Å². The number of anilines is 1. The van der Waals surface area contributed by atoms with Crippen molar-refractivity contribution < 1.29 is 9.18 Å². The third kappa shape index (κ3) is 3.78. The van der Waals surface area contributed by atoms with E-state index in [1.807, 2.05) is 12.1 Å². The first kappa shape index (κ1) is 22.2. The number of fused-ring (bicyclic) bond motifs is 2. The number of amides is 1. The second-order valence-electron chi connectivity index (χ2n) is 9.42. The molecule has 10 heteroatoms. The highest BCUT2D eigenvalue weighted by atomic mass is 19.1. The lowest BCUT2D eigenvalue weighted by molar-refractivity contribution is -0.122. The summed E-state index contributed by atoms with van der Waals surface area (Å²) in [6.07, 6.45) is 11.3. The van der Waals surface area contributed by atoms with Crippen LogP contribution < -0.4 is 5.32 Å². The van der Waals surface area contributed by atoms with Crippen molar-refractivity contribution in [1.29, 1.82) is 0 Å². The maximum Gasteiger partial charge on any atom is 0.227 e. The molecule has 1 aliphatic rings. The number of nitrogens with zero attached hydrogens (tertiary/aromatic N) is 5. The summed E-state index contributed by atoms with van der Waals surface area (Å²) in [5.41, 5.74) is 5.74. The van der Waals surface area contributed by atoms with Crippen molar-refractivity contribution in [3.63, 3.8) is 0 Å². The molecule has 0 unspecified atom stereocenters. The molecular weight excluding hydrogens is 483 g/mol. The zero-order chi connectivity index (χ0) is 25.6. The lowest BCUT2D eigenvalue weighted by Crippen LogP contribution is -2.28. The number of imidazole rings is 1. The van der Waals surface area contributed by atoms with E-state index in [9.17, 15) is 9.18 Å². The zero-order valence-corrected chi connectivity index (χ0v) is 20.1. The Morgan fingerprint density at radius 2 is 1.82 bits per heavy atom. The minimum atomic E-state index is -0.342. The summed E-state index contributed by atoms with van der Waals surface area (Å²) in [4.78, 5) is 33.6. The molecular formula is C28H21FN8O. The Bertz CT molecular complexity index is 1840. The number of aromatic nitrogens is 7. The summed E-state index contributed by atoms with van der Waals surface area (Å²) in [5.74, 6) is 0.290. The fourth-order valence-corrected chi connectivity index (χ4v) is 4.74. The predicted molar refractivity (Wildman–Crippen MR) is 141 cm³/mol. The number of benzene rings is 1. The van der Waals surface area contributed by atoms with Crippen LogP contribution in [-0.2, 0) is 4.79 Å². The highest BCUT2D eigenvalue weighted by Gasteiger charge is 2.25. The van der Waals surface area contributed by atoms with Crippen LogP contribution in [0.4, 0.5) is 10.1 Å². The van der Waals surface area contributed by atoms with Gasteiger partial charge in [0.25, 0.3) is 0 Å². The van der Waals surface area contributed by atoms with Crippen LogP contribution in [0.2, 0.25) is 0 Å². The van der Waals surface area contributed by atoms with Crippen molar-refractivity contribution in [2.24, 2.45) is 5.92 Å². The number of nitrogens with one attached hydrogen (secondary N) is 3. The minimum absolute atomic E-state index is 0.0371. The molecule has 0 radical (unpaired) electrons. The molecule has 5 aromatic heterocycles. The minimum Gasteiger partial charge on any atom is -0.335 e. The average Bonchev–Trinajstić information content (AvgIpc) is 3.52. The number of aromatic amines is 2. The first-order chi connectivity index (χ1) is 18.6. The van der Waals surface area contributed by atoms with E-state index >= 15 is 0 Å². The van der Waals surface area contributed by atoms with E-state index in [0.29, 0.717) is 45.0 Å². The molecule has 9 nitrogen and oxygen atoms in total. The summed E-state index contributed by atoms with van der Waals surface area (Å²) >= 11 is 0. The van der Waals surface area contributed by atoms with E-state index < -0.39 is 0 Å². The smallest absolute Gasteiger partial charge is 0.227 e. The molecule has 0 saturated heterocycles. The number of carbonyl (C=O) groups is 1. The van der Waals surface area contributed by atoms with Gasteiger partial charge in [0.1, 0.15) is 17.0 Å². The zero-order valence-electron chi connectivity index (χ0n) is 20.1. The number of pyridine rings is 3. The Morgan fingerprint density at radius 1 is 0.974 bits per heavy atom. The van der Waals surface area contributed by atoms with Gasteiger partial charge in [0.2, 0.25) is 5.91 Å². The van der Waals surface area contributed by atoms with Gasteiger partial charge in [-0.3, -0.25) is 19.9 Å². The summed E-state index contributed by atoms with van der Waals surface area (Å²) in [5, 5.41) is 11.1. The van der Waals surface area contributed by atoms with Crippen LogP contribution in [0, 0.1) is 11.7 Å². The standard InChI is InChI=1S/C28H21FN8O/c29-22-7-2-1-6-19(22)21-13-31-14-23-24(21)35-27(34-23)25-20-9-17(11-32-26(20)37-36-25)16-8-18(12-30-10-16)33-28(38)15-4-3-5-15/h1-2,6-15H,3-5H2,(H,33,38)(H,34,35)(H,32,36,37). The van der Waals surface area contributed by atoms with Crippen molar-refractivity contribution in [2.45, 2.75) is 19.3 Å². The Balaban J connectivity index is 1.27. The molecule has 1 saturated carbocycles. The molecule has 5 heterocycles. The van der Waals surface area contributed by atoms with Gasteiger partial charge in [0.05, 0.1) is 29.0 Å². The summed E-state index contributed by atoms with van der Waals surface area (Å²) in [6.45, 7) is 0. The predicted octanol–water partition coefficient (Wildman–Crippen LogP) is 5.50. The van der Waals surface area contributed by atoms with Gasteiger partial charge in [-0.1, -0.05) is 24.6 Å². The molecule has 0 spiro atoms. The number of H-pyrrole nitrogens is 2. The summed E-state index contributed by atoms with van der Waals surface area (Å²) < 4.78 is 14.5. The van der Waals surface area contributed by atoms with Crippen molar-refractivity contribution in [3.05, 3.63) is 73.2 Å². The number of hydrogen-bond acceptors (Lipinski definition) is 6. The van der Waals surface area contributed by atoms with Gasteiger partial charge >= 0.3 is 0 Å². The number of hydrogen-bond donors (Lipinski definition) is 3. The third-order valence-corrected chi connectivity index (χ3v) is 7.01. The van der Waals surface area contributed by atoms with E-state index in [1.165, 1.54) is 6.07 Å². The molecule has 7 rings (SSSR count). The molecule has 6 aromatic rings. The van der Waals surface area contributed by atoms with E-state index in [-0.39, 0.29) is 17.6 Å². The fourth-order valence-electron chi connectivity index (χ4n) is 4.74. The molecule has 38 heavy (non-hydrogen) atoms. The van der Waals surface area contributed by atoms with E-state index in [1.54, 1.807) is 49.2 Å². The monoisotopic (exact) mass is 504 g/mol. The summed E-state index contributed by atoms with van der Waals surface area (Å²) in [6, 6.07) is 10.4. The van der Waals surface area contributed by atoms with Gasteiger partial charge in [0.15, 0.2) is 11.5 Å². The van der Waals surface area contributed by atoms with Crippen LogP contribution in [0.25, 0.3) is 55.8 Å². The van der Waals surface area contributed by atoms with Gasteiger partial charge in [-0.25, -0.2) is 14.4 Å². The van der Waals surface area contributed by atoms with Gasteiger partial charge in [0, 0.05) is 46.8 Å². The maximum absolute atomic E-state index is 14.5. The van der Waals surface area contributed by atoms with Crippen molar-refractivity contribution in [1.82, 2.24) is 35.1 Å². The Kier molecular flexibility index (Phi) is 5.17. The molecule has 1 aromatic carbocycles. The molecule has 1 fully saturated rings. The number of rotatable bonds is 5. The maximum atomic E-state index is 14.5. The molecule has 1 amide bonds. The van der Waals surface area contributed by atoms with Crippen molar-refractivity contribution in [2.75, 3.05) is 5.32 Å². The molecule has 1 aliphatic carbocycles. The van der Waals surface area contributed by atoms with E-state index in [0.717, 1.165) is 35.8 Å². The van der Waals surface area contributed by atoms with Crippen LogP contribution in [0.1, 0.15) is 19.3 Å². The lowest BCUT2D eigenvalue weighted by Gasteiger charge is -2.24. The van der Waals surface area contributed by atoms with Crippen LogP contribution in [-0.4, -0.2) is 41.0 Å². The van der Waals surface area contributed by atoms with Gasteiger partial charge in [-0.05, 0) is 31.0 Å². The fraction of sp³-hybridized carbons (Fsp3) is 0.143. The molecule has 0 atom stereocenters. The van der Waals surface area contributed by atoms with Crippen molar-refractivity contribution in [3.8, 4) is 33.8 Å². The van der Waals surface area contributed by atoms with Gasteiger partial charge in [-0.15, -0.1) is 0 Å². The normalized spacial score (nSPS) is 13.6. The molecule has 0 aliphatic heterocycles. The SMILES string of the molecule is O=C(Nc1cncc(-c2cnc3[nH]nc(-c4nc5c(-c6ccccc6F)cncc5[nH]4)c3c2)c1)C1CCC1. The van der Waals surface area contributed by atoms with Gasteiger partial charge in [-0.2, -0.15) is 5.10 Å². The van der Waals surface area contributed by atoms with Crippen LogP contribution in [0.15, 0.2) is 67.4 Å². The second-order valence-corrected chi connectivity index (χ2v) is 9.42. The number of carbonyl (C=O) groups excluding carboxylic acids is 1. The molecule has 0 bridgehead atoms. The van der Waals surface area contributed by atoms with E-state index in [4.69, 9.17) is 4.98 Å². The molecule has 3 N–H and O–H groups in total. The topological polar surface area (TPSA) is 125 Å². The quantitative estimate of drug-likeness (QED) is 0.285. The molecule has 186 valence electrons. The average molecular weight is 505 g/mol. The Labute approximate surface area is 215 Å². The summed E-state index contributed by atoms with van der Waals surface area (Å²) in [7, 11) is 0. The second kappa shape index (κ2) is 8.84. The number of halogens is 1. The third-order valence-electron chi connectivity index (χ3n) is 7.01. The lowest BCUT2D eigenvalue weighted by atomic mass is 9.85. The first-order valence-electron chi connectivity index (χ1n) is 12.3. The Hall–Kier alpha value is -4.99. The largest absolute Gasteiger partial charge is 0.335 e. The van der Waals surface area contributed by atoms with Crippen molar-refractivity contribution >= 4 is 33.7 Å².